The molecule has 0 unspecified atom stereocenters. The molecular weight excluding hydrogens is 260 g/mol. The molecule has 0 aliphatic carbocycles. The van der Waals surface area contributed by atoms with Crippen molar-refractivity contribution < 1.29 is 19.4 Å². The Hall–Kier alpha value is -1.98. The Balaban J connectivity index is 2.22. The van der Waals surface area contributed by atoms with Crippen LogP contribution in [0.15, 0.2) is 12.1 Å². The SMILES string of the molecule is C[C@@H]1CN(C(=O)OC(C)(C)C)Cc2nc(O)ccc2O1. The average molecular weight is 280 g/mol. The summed E-state index contributed by atoms with van der Waals surface area (Å²) in [6, 6.07) is 3.13. The molecular formula is C14H20N2O4. The monoisotopic (exact) mass is 280 g/mol. The second-order valence-electron chi connectivity index (χ2n) is 5.90. The van der Waals surface area contributed by atoms with Gasteiger partial charge in [0.1, 0.15) is 23.1 Å². The number of fused-ring (bicyclic) bond motifs is 1. The summed E-state index contributed by atoms with van der Waals surface area (Å²) in [5.74, 6) is 0.493. The van der Waals surface area contributed by atoms with Gasteiger partial charge in [0.25, 0.3) is 0 Å². The van der Waals surface area contributed by atoms with Crippen LogP contribution < -0.4 is 4.74 Å². The van der Waals surface area contributed by atoms with E-state index in [1.165, 1.54) is 11.0 Å². The molecule has 0 fully saturated rings. The molecule has 2 rings (SSSR count). The highest BCUT2D eigenvalue weighted by atomic mass is 16.6. The van der Waals surface area contributed by atoms with Gasteiger partial charge in [-0.15, -0.1) is 0 Å². The molecule has 1 aliphatic rings. The quantitative estimate of drug-likeness (QED) is 0.789. The second-order valence-corrected chi connectivity index (χ2v) is 5.90. The fourth-order valence-electron chi connectivity index (χ4n) is 1.97. The lowest BCUT2D eigenvalue weighted by atomic mass is 10.2. The predicted molar refractivity (Wildman–Crippen MR) is 72.6 cm³/mol. The first-order chi connectivity index (χ1) is 9.24. The van der Waals surface area contributed by atoms with Gasteiger partial charge in [-0.3, -0.25) is 4.90 Å². The maximum Gasteiger partial charge on any atom is 0.410 e. The first-order valence-corrected chi connectivity index (χ1v) is 6.58. The number of hydrogen-bond donors (Lipinski definition) is 1. The normalized spacial score (nSPS) is 18.8. The molecule has 1 amide bonds. The number of ether oxygens (including phenoxy) is 2. The number of hydrogen-bond acceptors (Lipinski definition) is 5. The molecule has 0 saturated carbocycles. The van der Waals surface area contributed by atoms with E-state index in [4.69, 9.17) is 9.47 Å². The van der Waals surface area contributed by atoms with Gasteiger partial charge >= 0.3 is 6.09 Å². The largest absolute Gasteiger partial charge is 0.493 e. The van der Waals surface area contributed by atoms with Crippen molar-refractivity contribution in [2.75, 3.05) is 6.54 Å². The highest BCUT2D eigenvalue weighted by molar-refractivity contribution is 5.68. The molecule has 6 nitrogen and oxygen atoms in total. The van der Waals surface area contributed by atoms with Gasteiger partial charge in [-0.25, -0.2) is 9.78 Å². The molecule has 0 aromatic carbocycles. The zero-order valence-electron chi connectivity index (χ0n) is 12.2. The van der Waals surface area contributed by atoms with Crippen molar-refractivity contribution in [2.24, 2.45) is 0 Å². The van der Waals surface area contributed by atoms with Crippen LogP contribution in [0, 0.1) is 0 Å². The minimum Gasteiger partial charge on any atom is -0.493 e. The van der Waals surface area contributed by atoms with Crippen molar-refractivity contribution >= 4 is 6.09 Å². The zero-order chi connectivity index (χ0) is 14.9. The van der Waals surface area contributed by atoms with Crippen LogP contribution in [0.5, 0.6) is 11.6 Å². The van der Waals surface area contributed by atoms with E-state index in [9.17, 15) is 9.90 Å². The number of carbonyl (C=O) groups excluding carboxylic acids is 1. The van der Waals surface area contributed by atoms with Gasteiger partial charge in [-0.05, 0) is 33.8 Å². The minimum absolute atomic E-state index is 0.0916. The van der Waals surface area contributed by atoms with E-state index < -0.39 is 11.7 Å². The van der Waals surface area contributed by atoms with Crippen LogP contribution in [0.4, 0.5) is 4.79 Å². The molecule has 1 aromatic heterocycles. The lowest BCUT2D eigenvalue weighted by Crippen LogP contribution is -2.39. The number of carbonyl (C=O) groups is 1. The van der Waals surface area contributed by atoms with Crippen LogP contribution in [0.2, 0.25) is 0 Å². The smallest absolute Gasteiger partial charge is 0.410 e. The van der Waals surface area contributed by atoms with Crippen LogP contribution in [0.3, 0.4) is 0 Å². The summed E-state index contributed by atoms with van der Waals surface area (Å²) in [4.78, 5) is 17.7. The van der Waals surface area contributed by atoms with Gasteiger partial charge in [-0.2, -0.15) is 0 Å². The van der Waals surface area contributed by atoms with Crippen LogP contribution in [0.1, 0.15) is 33.4 Å². The van der Waals surface area contributed by atoms with E-state index in [0.717, 1.165) is 0 Å². The fraction of sp³-hybridized carbons (Fsp3) is 0.571. The summed E-state index contributed by atoms with van der Waals surface area (Å²) in [5, 5.41) is 9.46. The number of nitrogens with zero attached hydrogens (tertiary/aromatic N) is 2. The number of aromatic hydroxyl groups is 1. The highest BCUT2D eigenvalue weighted by Crippen LogP contribution is 2.26. The Morgan fingerprint density at radius 1 is 1.50 bits per heavy atom. The van der Waals surface area contributed by atoms with E-state index in [-0.39, 0.29) is 18.5 Å². The summed E-state index contributed by atoms with van der Waals surface area (Å²) in [6.07, 6.45) is -0.582. The minimum atomic E-state index is -0.553. The number of amides is 1. The van der Waals surface area contributed by atoms with E-state index in [0.29, 0.717) is 18.0 Å². The van der Waals surface area contributed by atoms with E-state index >= 15 is 0 Å². The molecule has 2 heterocycles. The second kappa shape index (κ2) is 5.19. The van der Waals surface area contributed by atoms with E-state index in [2.05, 4.69) is 4.98 Å². The van der Waals surface area contributed by atoms with Crippen LogP contribution in [-0.2, 0) is 11.3 Å². The highest BCUT2D eigenvalue weighted by Gasteiger charge is 2.28. The van der Waals surface area contributed by atoms with Crippen molar-refractivity contribution in [3.63, 3.8) is 0 Å². The molecule has 1 aliphatic heterocycles. The molecule has 20 heavy (non-hydrogen) atoms. The summed E-state index contributed by atoms with van der Waals surface area (Å²) >= 11 is 0. The Bertz CT molecular complexity index is 510. The van der Waals surface area contributed by atoms with Crippen LogP contribution in [0.25, 0.3) is 0 Å². The molecule has 1 N–H and O–H groups in total. The number of rotatable bonds is 0. The predicted octanol–water partition coefficient (Wildman–Crippen LogP) is 2.31. The van der Waals surface area contributed by atoms with Gasteiger partial charge in [0.2, 0.25) is 5.88 Å². The van der Waals surface area contributed by atoms with Gasteiger partial charge in [-0.1, -0.05) is 0 Å². The van der Waals surface area contributed by atoms with Gasteiger partial charge in [0.15, 0.2) is 0 Å². The standard InChI is InChI=1S/C14H20N2O4/c1-9-7-16(13(18)20-14(2,3)4)8-10-11(19-9)5-6-12(17)15-10/h5-6,9H,7-8H2,1-4H3,(H,15,17)/t9-/m1/s1. The third kappa shape index (κ3) is 3.53. The fourth-order valence-corrected chi connectivity index (χ4v) is 1.97. The topological polar surface area (TPSA) is 71.9 Å². The zero-order valence-corrected chi connectivity index (χ0v) is 12.2. The number of pyridine rings is 1. The van der Waals surface area contributed by atoms with E-state index in [1.807, 2.05) is 27.7 Å². The Labute approximate surface area is 118 Å². The Morgan fingerprint density at radius 2 is 2.20 bits per heavy atom. The van der Waals surface area contributed by atoms with Crippen LogP contribution in [-0.4, -0.2) is 39.3 Å². The first-order valence-electron chi connectivity index (χ1n) is 6.58. The summed E-state index contributed by atoms with van der Waals surface area (Å²) in [7, 11) is 0. The first kappa shape index (κ1) is 14.4. The molecule has 0 radical (unpaired) electrons. The lowest BCUT2D eigenvalue weighted by molar-refractivity contribution is 0.0187. The van der Waals surface area contributed by atoms with Gasteiger partial charge < -0.3 is 14.6 Å². The molecule has 0 spiro atoms. The van der Waals surface area contributed by atoms with Crippen molar-refractivity contribution in [3.8, 4) is 11.6 Å². The summed E-state index contributed by atoms with van der Waals surface area (Å²) in [6.45, 7) is 8.00. The molecule has 0 saturated heterocycles. The van der Waals surface area contributed by atoms with Crippen molar-refractivity contribution in [2.45, 2.75) is 45.9 Å². The van der Waals surface area contributed by atoms with Gasteiger partial charge in [0, 0.05) is 6.07 Å². The Kier molecular flexibility index (Phi) is 3.74. The lowest BCUT2D eigenvalue weighted by Gasteiger charge is -2.26. The maximum absolute atomic E-state index is 12.2. The third-order valence-corrected chi connectivity index (χ3v) is 2.72. The Morgan fingerprint density at radius 3 is 2.85 bits per heavy atom. The summed E-state index contributed by atoms with van der Waals surface area (Å²) in [5.41, 5.74) is -0.0250. The van der Waals surface area contributed by atoms with Crippen molar-refractivity contribution in [1.82, 2.24) is 9.88 Å². The van der Waals surface area contributed by atoms with Crippen molar-refractivity contribution in [3.05, 3.63) is 17.8 Å². The van der Waals surface area contributed by atoms with Crippen LogP contribution >= 0.6 is 0 Å². The summed E-state index contributed by atoms with van der Waals surface area (Å²) < 4.78 is 11.1. The van der Waals surface area contributed by atoms with Gasteiger partial charge in [0.05, 0.1) is 13.1 Å². The maximum atomic E-state index is 12.2. The third-order valence-electron chi connectivity index (χ3n) is 2.72. The van der Waals surface area contributed by atoms with E-state index in [1.54, 1.807) is 6.07 Å². The molecule has 1 atom stereocenters. The van der Waals surface area contributed by atoms with Crippen molar-refractivity contribution in [1.29, 1.82) is 0 Å². The molecule has 0 bridgehead atoms. The molecule has 1 aromatic rings. The molecule has 6 heteroatoms. The average Bonchev–Trinajstić information content (AvgIpc) is 2.45. The molecule has 110 valence electrons. The number of aromatic nitrogens is 1.